The zero-order valence-electron chi connectivity index (χ0n) is 11.9. The van der Waals surface area contributed by atoms with Crippen LogP contribution in [0.15, 0.2) is 12.1 Å². The van der Waals surface area contributed by atoms with Gasteiger partial charge in [0.05, 0.1) is 35.9 Å². The molecule has 0 aromatic heterocycles. The third-order valence-electron chi connectivity index (χ3n) is 3.98. The van der Waals surface area contributed by atoms with E-state index in [-0.39, 0.29) is 18.0 Å². The number of aliphatic hydroxyl groups is 1. The molecule has 0 atom stereocenters. The summed E-state index contributed by atoms with van der Waals surface area (Å²) in [7, 11) is 1.30. The fraction of sp³-hybridized carbons (Fsp3) is 0.571. The smallest absolute Gasteiger partial charge is 0.313 e. The predicted octanol–water partition coefficient (Wildman–Crippen LogP) is 2.85. The minimum absolute atomic E-state index is 0.00667. The molecule has 0 aliphatic heterocycles. The minimum atomic E-state index is -0.721. The first-order valence-electron chi connectivity index (χ1n) is 6.92. The molecular formula is C14H19FN2O4. The molecule has 1 aromatic carbocycles. The van der Waals surface area contributed by atoms with E-state index in [1.807, 2.05) is 0 Å². The number of anilines is 1. The van der Waals surface area contributed by atoms with Gasteiger partial charge in [0.25, 0.3) is 0 Å². The van der Waals surface area contributed by atoms with Crippen molar-refractivity contribution in [3.05, 3.63) is 28.1 Å². The zero-order chi connectivity index (χ0) is 15.5. The number of hydrogen-bond acceptors (Lipinski definition) is 5. The number of nitro benzene ring substituents is 1. The molecule has 0 amide bonds. The Kier molecular flexibility index (Phi) is 4.62. The molecule has 6 nitrogen and oxygen atoms in total. The third-order valence-corrected chi connectivity index (χ3v) is 3.98. The summed E-state index contributed by atoms with van der Waals surface area (Å²) >= 11 is 0. The maximum Gasteiger partial charge on any atom is 0.313 e. The Labute approximate surface area is 122 Å². The van der Waals surface area contributed by atoms with E-state index in [1.54, 1.807) is 0 Å². The highest BCUT2D eigenvalue weighted by Gasteiger charge is 2.32. The summed E-state index contributed by atoms with van der Waals surface area (Å²) in [5.41, 5.74) is -0.865. The van der Waals surface area contributed by atoms with Gasteiger partial charge in [-0.3, -0.25) is 10.1 Å². The molecule has 21 heavy (non-hydrogen) atoms. The maximum atomic E-state index is 14.1. The molecule has 1 fully saturated rings. The van der Waals surface area contributed by atoms with Gasteiger partial charge in [-0.1, -0.05) is 19.3 Å². The number of nitrogens with one attached hydrogen (secondary N) is 1. The number of benzene rings is 1. The van der Waals surface area contributed by atoms with Crippen LogP contribution in [0.4, 0.5) is 15.8 Å². The topological polar surface area (TPSA) is 84.6 Å². The molecule has 1 aliphatic rings. The molecule has 1 saturated carbocycles. The van der Waals surface area contributed by atoms with E-state index < -0.39 is 22.0 Å². The van der Waals surface area contributed by atoms with Crippen LogP contribution in [0.25, 0.3) is 0 Å². The fourth-order valence-electron chi connectivity index (χ4n) is 2.78. The van der Waals surface area contributed by atoms with E-state index in [0.717, 1.165) is 38.2 Å². The van der Waals surface area contributed by atoms with Crippen molar-refractivity contribution >= 4 is 11.4 Å². The highest BCUT2D eigenvalue weighted by atomic mass is 19.1. The van der Waals surface area contributed by atoms with Gasteiger partial charge in [-0.25, -0.2) is 4.39 Å². The highest BCUT2D eigenvalue weighted by molar-refractivity contribution is 5.60. The molecule has 0 unspecified atom stereocenters. The lowest BCUT2D eigenvalue weighted by Crippen LogP contribution is -2.44. The van der Waals surface area contributed by atoms with E-state index in [9.17, 15) is 19.6 Å². The lowest BCUT2D eigenvalue weighted by molar-refractivity contribution is -0.385. The maximum absolute atomic E-state index is 14.1. The Morgan fingerprint density at radius 2 is 2.10 bits per heavy atom. The van der Waals surface area contributed by atoms with Gasteiger partial charge in [-0.15, -0.1) is 0 Å². The van der Waals surface area contributed by atoms with Gasteiger partial charge in [0.15, 0.2) is 11.6 Å². The molecule has 0 saturated heterocycles. The SMILES string of the molecule is COc1cc(NC2(CO)CCCCC2)c(F)cc1[N+](=O)[O-]. The summed E-state index contributed by atoms with van der Waals surface area (Å²) in [4.78, 5) is 10.2. The Balaban J connectivity index is 2.33. The summed E-state index contributed by atoms with van der Waals surface area (Å²) in [5, 5.41) is 23.5. The average Bonchev–Trinajstić information content (AvgIpc) is 2.49. The van der Waals surface area contributed by atoms with Crippen LogP contribution < -0.4 is 10.1 Å². The van der Waals surface area contributed by atoms with E-state index >= 15 is 0 Å². The van der Waals surface area contributed by atoms with Gasteiger partial charge >= 0.3 is 5.69 Å². The number of nitrogens with zero attached hydrogens (tertiary/aromatic N) is 1. The van der Waals surface area contributed by atoms with Crippen LogP contribution in [0, 0.1) is 15.9 Å². The number of methoxy groups -OCH3 is 1. The predicted molar refractivity (Wildman–Crippen MR) is 76.1 cm³/mol. The van der Waals surface area contributed by atoms with Crippen molar-refractivity contribution in [2.45, 2.75) is 37.6 Å². The van der Waals surface area contributed by atoms with Crippen LogP contribution in [-0.4, -0.2) is 29.3 Å². The van der Waals surface area contributed by atoms with Crippen molar-refractivity contribution in [1.29, 1.82) is 0 Å². The molecule has 2 rings (SSSR count). The normalized spacial score (nSPS) is 17.3. The first-order valence-corrected chi connectivity index (χ1v) is 6.92. The highest BCUT2D eigenvalue weighted by Crippen LogP contribution is 2.36. The minimum Gasteiger partial charge on any atom is -0.490 e. The van der Waals surface area contributed by atoms with E-state index in [4.69, 9.17) is 4.74 Å². The van der Waals surface area contributed by atoms with Crippen LogP contribution in [0.2, 0.25) is 0 Å². The van der Waals surface area contributed by atoms with Crippen LogP contribution in [0.5, 0.6) is 5.75 Å². The summed E-state index contributed by atoms with van der Waals surface area (Å²) < 4.78 is 19.0. The third kappa shape index (κ3) is 3.24. The van der Waals surface area contributed by atoms with Crippen molar-refractivity contribution in [3.8, 4) is 5.75 Å². The molecule has 116 valence electrons. The van der Waals surface area contributed by atoms with Crippen molar-refractivity contribution in [3.63, 3.8) is 0 Å². The molecule has 0 heterocycles. The van der Waals surface area contributed by atoms with Gasteiger partial charge in [0, 0.05) is 6.07 Å². The monoisotopic (exact) mass is 298 g/mol. The second-order valence-corrected chi connectivity index (χ2v) is 5.39. The summed E-state index contributed by atoms with van der Waals surface area (Å²) in [6.45, 7) is -0.105. The van der Waals surface area contributed by atoms with Crippen molar-refractivity contribution in [1.82, 2.24) is 0 Å². The second kappa shape index (κ2) is 6.26. The lowest BCUT2D eigenvalue weighted by Gasteiger charge is -2.37. The van der Waals surface area contributed by atoms with E-state index in [0.29, 0.717) is 0 Å². The largest absolute Gasteiger partial charge is 0.490 e. The Bertz CT molecular complexity index is 530. The molecule has 7 heteroatoms. The molecule has 2 N–H and O–H groups in total. The van der Waals surface area contributed by atoms with Crippen LogP contribution in [-0.2, 0) is 0 Å². The average molecular weight is 298 g/mol. The Hall–Kier alpha value is -1.89. The molecule has 1 aliphatic carbocycles. The Morgan fingerprint density at radius 3 is 2.62 bits per heavy atom. The molecule has 1 aromatic rings. The summed E-state index contributed by atoms with van der Waals surface area (Å²) in [6.07, 6.45) is 4.48. The van der Waals surface area contributed by atoms with E-state index in [2.05, 4.69) is 5.32 Å². The van der Waals surface area contributed by atoms with Crippen molar-refractivity contribution in [2.24, 2.45) is 0 Å². The Morgan fingerprint density at radius 1 is 1.43 bits per heavy atom. The number of halogens is 1. The van der Waals surface area contributed by atoms with Crippen LogP contribution >= 0.6 is 0 Å². The number of hydrogen-bond donors (Lipinski definition) is 2. The van der Waals surface area contributed by atoms with Gasteiger partial charge in [-0.2, -0.15) is 0 Å². The van der Waals surface area contributed by atoms with Gasteiger partial charge in [0.2, 0.25) is 0 Å². The van der Waals surface area contributed by atoms with Crippen LogP contribution in [0.3, 0.4) is 0 Å². The van der Waals surface area contributed by atoms with Crippen LogP contribution in [0.1, 0.15) is 32.1 Å². The number of aliphatic hydroxyl groups excluding tert-OH is 1. The van der Waals surface area contributed by atoms with Gasteiger partial charge in [0.1, 0.15) is 0 Å². The van der Waals surface area contributed by atoms with Gasteiger partial charge < -0.3 is 15.2 Å². The number of rotatable bonds is 5. The second-order valence-electron chi connectivity index (χ2n) is 5.39. The molecule has 0 radical (unpaired) electrons. The first-order chi connectivity index (χ1) is 10.0. The van der Waals surface area contributed by atoms with Crippen molar-refractivity contribution < 1.29 is 19.2 Å². The molecule has 0 bridgehead atoms. The number of nitro groups is 1. The quantitative estimate of drug-likeness (QED) is 0.645. The number of ether oxygens (including phenoxy) is 1. The summed E-state index contributed by atoms with van der Waals surface area (Å²) in [5.74, 6) is -0.728. The first kappa shape index (κ1) is 15.5. The summed E-state index contributed by atoms with van der Waals surface area (Å²) in [6, 6.07) is 2.12. The van der Waals surface area contributed by atoms with Gasteiger partial charge in [-0.05, 0) is 12.8 Å². The van der Waals surface area contributed by atoms with E-state index in [1.165, 1.54) is 13.2 Å². The van der Waals surface area contributed by atoms with Crippen molar-refractivity contribution in [2.75, 3.05) is 19.0 Å². The molecular weight excluding hydrogens is 279 g/mol. The lowest BCUT2D eigenvalue weighted by atomic mass is 9.82. The molecule has 0 spiro atoms. The fourth-order valence-corrected chi connectivity index (χ4v) is 2.78. The zero-order valence-corrected chi connectivity index (χ0v) is 11.9. The standard InChI is InChI=1S/C14H19FN2O4/c1-21-13-8-11(10(15)7-12(13)17(19)20)16-14(9-18)5-3-2-4-6-14/h7-8,16,18H,2-6,9H2,1H3.